The number of hydrogen-bond acceptors (Lipinski definition) is 6. The third-order valence-electron chi connectivity index (χ3n) is 5.54. The standard InChI is InChI=1S/C26H18ClFN2O3S2/c1-15-22(25(32)33-14-16-7-3-2-4-8-16)23(20-11-6-12-34-20)30-24(31)21(35-26(30)29-15)13-17-18(27)9-5-10-19(17)28/h2-13,23H,14H2,1H3/b21-13+/t23-/m0/s1. The van der Waals surface area contributed by atoms with Crippen molar-refractivity contribution in [3.63, 3.8) is 0 Å². The fourth-order valence-electron chi connectivity index (χ4n) is 3.88. The normalized spacial score (nSPS) is 15.6. The Morgan fingerprint density at radius 3 is 2.69 bits per heavy atom. The number of carbonyl (C=O) groups is 1. The summed E-state index contributed by atoms with van der Waals surface area (Å²) in [6.07, 6.45) is 1.43. The van der Waals surface area contributed by atoms with Crippen molar-refractivity contribution < 1.29 is 13.9 Å². The van der Waals surface area contributed by atoms with Gasteiger partial charge in [-0.2, -0.15) is 0 Å². The van der Waals surface area contributed by atoms with Crippen LogP contribution in [0, 0.1) is 5.82 Å². The Labute approximate surface area is 212 Å². The summed E-state index contributed by atoms with van der Waals surface area (Å²) in [6.45, 7) is 1.83. The molecule has 35 heavy (non-hydrogen) atoms. The quantitative estimate of drug-likeness (QED) is 0.351. The van der Waals surface area contributed by atoms with Crippen molar-refractivity contribution in [2.75, 3.05) is 0 Å². The fourth-order valence-corrected chi connectivity index (χ4v) is 5.95. The average Bonchev–Trinajstić information content (AvgIpc) is 3.48. The maximum Gasteiger partial charge on any atom is 0.338 e. The number of aromatic nitrogens is 1. The maximum atomic E-state index is 14.4. The third-order valence-corrected chi connectivity index (χ3v) is 7.78. The molecule has 0 radical (unpaired) electrons. The number of thiazole rings is 1. The molecule has 9 heteroatoms. The topological polar surface area (TPSA) is 60.7 Å². The first-order valence-corrected chi connectivity index (χ1v) is 12.7. The van der Waals surface area contributed by atoms with E-state index in [1.165, 1.54) is 34.1 Å². The summed E-state index contributed by atoms with van der Waals surface area (Å²) in [5.74, 6) is -1.07. The molecule has 0 aliphatic carbocycles. The molecule has 0 fully saturated rings. The first-order valence-electron chi connectivity index (χ1n) is 10.6. The van der Waals surface area contributed by atoms with Crippen LogP contribution in [0.3, 0.4) is 0 Å². The van der Waals surface area contributed by atoms with E-state index in [1.807, 2.05) is 47.8 Å². The van der Waals surface area contributed by atoms with Crippen LogP contribution in [0.4, 0.5) is 4.39 Å². The van der Waals surface area contributed by atoms with Gasteiger partial charge in [0.1, 0.15) is 18.5 Å². The van der Waals surface area contributed by atoms with Crippen molar-refractivity contribution in [3.05, 3.63) is 124 Å². The molecule has 0 amide bonds. The van der Waals surface area contributed by atoms with Gasteiger partial charge in [0, 0.05) is 10.4 Å². The molecule has 1 aliphatic heterocycles. The van der Waals surface area contributed by atoms with Crippen molar-refractivity contribution >= 4 is 46.3 Å². The van der Waals surface area contributed by atoms with Gasteiger partial charge in [0.15, 0.2) is 4.80 Å². The van der Waals surface area contributed by atoms with Crippen LogP contribution in [0.15, 0.2) is 87.1 Å². The highest BCUT2D eigenvalue weighted by molar-refractivity contribution is 7.10. The number of hydrogen-bond donors (Lipinski definition) is 0. The lowest BCUT2D eigenvalue weighted by Crippen LogP contribution is -2.39. The van der Waals surface area contributed by atoms with Crippen LogP contribution in [0.1, 0.15) is 29.0 Å². The number of carbonyl (C=O) groups excluding carboxylic acids is 1. The van der Waals surface area contributed by atoms with Crippen molar-refractivity contribution in [1.82, 2.24) is 4.57 Å². The lowest BCUT2D eigenvalue weighted by Gasteiger charge is -2.23. The van der Waals surface area contributed by atoms with E-state index in [0.29, 0.717) is 16.1 Å². The predicted octanol–water partition coefficient (Wildman–Crippen LogP) is 4.83. The highest BCUT2D eigenvalue weighted by atomic mass is 35.5. The Kier molecular flexibility index (Phi) is 6.51. The van der Waals surface area contributed by atoms with Crippen LogP contribution in [-0.2, 0) is 16.1 Å². The summed E-state index contributed by atoms with van der Waals surface area (Å²) >= 11 is 8.73. The second kappa shape index (κ2) is 9.73. The van der Waals surface area contributed by atoms with Crippen molar-refractivity contribution in [3.8, 4) is 0 Å². The van der Waals surface area contributed by atoms with Crippen LogP contribution < -0.4 is 14.9 Å². The molecule has 0 unspecified atom stereocenters. The van der Waals surface area contributed by atoms with Gasteiger partial charge in [0.05, 0.1) is 20.8 Å². The largest absolute Gasteiger partial charge is 0.457 e. The smallest absolute Gasteiger partial charge is 0.338 e. The zero-order chi connectivity index (χ0) is 24.5. The number of ether oxygens (including phenoxy) is 1. The molecule has 2 aromatic carbocycles. The van der Waals surface area contributed by atoms with Gasteiger partial charge in [0.25, 0.3) is 5.56 Å². The van der Waals surface area contributed by atoms with E-state index in [2.05, 4.69) is 4.99 Å². The van der Waals surface area contributed by atoms with E-state index in [1.54, 1.807) is 13.0 Å². The van der Waals surface area contributed by atoms with Gasteiger partial charge in [-0.3, -0.25) is 9.36 Å². The third kappa shape index (κ3) is 4.52. The van der Waals surface area contributed by atoms with E-state index in [4.69, 9.17) is 16.3 Å². The summed E-state index contributed by atoms with van der Waals surface area (Å²) in [5, 5.41) is 2.08. The van der Waals surface area contributed by atoms with E-state index >= 15 is 0 Å². The van der Waals surface area contributed by atoms with Gasteiger partial charge in [-0.05, 0) is 42.1 Å². The number of fused-ring (bicyclic) bond motifs is 1. The van der Waals surface area contributed by atoms with Gasteiger partial charge in [-0.15, -0.1) is 11.3 Å². The molecule has 1 aliphatic rings. The molecule has 3 heterocycles. The minimum Gasteiger partial charge on any atom is -0.457 e. The first kappa shape index (κ1) is 23.4. The summed E-state index contributed by atoms with van der Waals surface area (Å²) in [4.78, 5) is 32.6. The van der Waals surface area contributed by atoms with Gasteiger partial charge in [-0.25, -0.2) is 14.2 Å². The van der Waals surface area contributed by atoms with Crippen LogP contribution in [0.25, 0.3) is 6.08 Å². The molecule has 1 atom stereocenters. The number of nitrogens with zero attached hydrogens (tertiary/aromatic N) is 2. The van der Waals surface area contributed by atoms with Gasteiger partial charge in [0.2, 0.25) is 0 Å². The summed E-state index contributed by atoms with van der Waals surface area (Å²) in [6, 6.07) is 16.7. The van der Waals surface area contributed by atoms with Crippen molar-refractivity contribution in [2.24, 2.45) is 4.99 Å². The molecule has 0 N–H and O–H groups in total. The second-order valence-electron chi connectivity index (χ2n) is 7.79. The summed E-state index contributed by atoms with van der Waals surface area (Å²) in [5.41, 5.74) is 1.37. The highest BCUT2D eigenvalue weighted by Gasteiger charge is 2.34. The van der Waals surface area contributed by atoms with Crippen molar-refractivity contribution in [2.45, 2.75) is 19.6 Å². The van der Waals surface area contributed by atoms with E-state index in [-0.39, 0.29) is 27.3 Å². The van der Waals surface area contributed by atoms with E-state index in [0.717, 1.165) is 21.8 Å². The molecule has 2 aromatic heterocycles. The number of esters is 1. The molecule has 0 spiro atoms. The minimum atomic E-state index is -0.701. The Morgan fingerprint density at radius 2 is 1.97 bits per heavy atom. The zero-order valence-electron chi connectivity index (χ0n) is 18.4. The van der Waals surface area contributed by atoms with E-state index < -0.39 is 17.8 Å². The number of thiophene rings is 1. The van der Waals surface area contributed by atoms with Gasteiger partial charge < -0.3 is 4.74 Å². The number of allylic oxidation sites excluding steroid dienone is 1. The van der Waals surface area contributed by atoms with Crippen LogP contribution in [0.2, 0.25) is 5.02 Å². The van der Waals surface area contributed by atoms with Gasteiger partial charge >= 0.3 is 5.97 Å². The maximum absolute atomic E-state index is 14.4. The van der Waals surface area contributed by atoms with Crippen molar-refractivity contribution in [1.29, 1.82) is 0 Å². The molecule has 0 bridgehead atoms. The number of rotatable bonds is 5. The Balaban J connectivity index is 1.61. The lowest BCUT2D eigenvalue weighted by atomic mass is 10.0. The molecule has 5 rings (SSSR count). The Hall–Kier alpha value is -3.33. The Morgan fingerprint density at radius 1 is 1.17 bits per heavy atom. The molecule has 0 saturated heterocycles. The fraction of sp³-hybridized carbons (Fsp3) is 0.115. The van der Waals surface area contributed by atoms with Crippen LogP contribution >= 0.6 is 34.3 Å². The zero-order valence-corrected chi connectivity index (χ0v) is 20.8. The minimum absolute atomic E-state index is 0.101. The molecule has 0 saturated carbocycles. The predicted molar refractivity (Wildman–Crippen MR) is 136 cm³/mol. The monoisotopic (exact) mass is 524 g/mol. The molecule has 4 aromatic rings. The average molecular weight is 525 g/mol. The number of halogens is 2. The van der Waals surface area contributed by atoms with Crippen LogP contribution in [0.5, 0.6) is 0 Å². The molecule has 5 nitrogen and oxygen atoms in total. The second-order valence-corrected chi connectivity index (χ2v) is 10.2. The summed E-state index contributed by atoms with van der Waals surface area (Å²) in [7, 11) is 0. The SMILES string of the molecule is CC1=C(C(=O)OCc2ccccc2)[C@H](c2cccs2)n2c(s/c(=C/c3c(F)cccc3Cl)c2=O)=N1. The summed E-state index contributed by atoms with van der Waals surface area (Å²) < 4.78 is 21.8. The van der Waals surface area contributed by atoms with Gasteiger partial charge in [-0.1, -0.05) is 65.4 Å². The van der Waals surface area contributed by atoms with Crippen LogP contribution in [-0.4, -0.2) is 10.5 Å². The molecular formula is C26H18ClFN2O3S2. The lowest BCUT2D eigenvalue weighted by molar-refractivity contribution is -0.140. The van der Waals surface area contributed by atoms with E-state index in [9.17, 15) is 14.0 Å². The molecule has 176 valence electrons. The molecular weight excluding hydrogens is 507 g/mol. The first-order chi connectivity index (χ1) is 16.9. The Bertz CT molecular complexity index is 1600. The highest BCUT2D eigenvalue weighted by Crippen LogP contribution is 2.33. The number of benzene rings is 2.